The van der Waals surface area contributed by atoms with E-state index in [0.29, 0.717) is 18.0 Å². The maximum Gasteiger partial charge on any atom is 0.0949 e. The van der Waals surface area contributed by atoms with Gasteiger partial charge in [-0.15, -0.1) is 0 Å². The summed E-state index contributed by atoms with van der Waals surface area (Å²) in [6.45, 7) is 10.3. The predicted molar refractivity (Wildman–Crippen MR) is 66.2 cm³/mol. The Labute approximate surface area is 98.5 Å². The highest BCUT2D eigenvalue weighted by molar-refractivity contribution is 5.18. The predicted octanol–water partition coefficient (Wildman–Crippen LogP) is 2.21. The maximum atomic E-state index is 4.52. The topological polar surface area (TPSA) is 21.1 Å². The molecule has 0 bridgehead atoms. The molecule has 2 heterocycles. The lowest BCUT2D eigenvalue weighted by Gasteiger charge is -2.40. The number of aromatic nitrogens is 2. The summed E-state index contributed by atoms with van der Waals surface area (Å²) in [5.41, 5.74) is 2.70. The van der Waals surface area contributed by atoms with Gasteiger partial charge in [-0.3, -0.25) is 4.90 Å². The van der Waals surface area contributed by atoms with Gasteiger partial charge in [0.2, 0.25) is 0 Å². The Bertz CT molecular complexity index is 365. The number of hydrogen-bond acceptors (Lipinski definition) is 2. The standard InChI is InChI=1S/C13H23N3/c1-9(2)12-6-11-13(15(5)8-14-11)7-16(12)10(3)4/h8-10,12H,6-7H2,1-5H3/t12-/m0/s1. The largest absolute Gasteiger partial charge is 0.336 e. The minimum absolute atomic E-state index is 0.607. The van der Waals surface area contributed by atoms with E-state index in [0.717, 1.165) is 13.0 Å². The summed E-state index contributed by atoms with van der Waals surface area (Å²) in [5.74, 6) is 0.692. The van der Waals surface area contributed by atoms with Crippen LogP contribution in [0.25, 0.3) is 0 Å². The van der Waals surface area contributed by atoms with Crippen LogP contribution in [0.2, 0.25) is 0 Å². The Morgan fingerprint density at radius 1 is 1.31 bits per heavy atom. The summed E-state index contributed by atoms with van der Waals surface area (Å²) in [4.78, 5) is 7.12. The fourth-order valence-corrected chi connectivity index (χ4v) is 2.67. The minimum Gasteiger partial charge on any atom is -0.336 e. The first-order chi connectivity index (χ1) is 7.50. The maximum absolute atomic E-state index is 4.52. The fourth-order valence-electron chi connectivity index (χ4n) is 2.67. The Morgan fingerprint density at radius 2 is 2.00 bits per heavy atom. The molecule has 1 atom stereocenters. The molecule has 90 valence electrons. The molecule has 3 nitrogen and oxygen atoms in total. The molecule has 0 saturated carbocycles. The van der Waals surface area contributed by atoms with Gasteiger partial charge in [0.15, 0.2) is 0 Å². The van der Waals surface area contributed by atoms with E-state index in [-0.39, 0.29) is 0 Å². The number of nitrogens with zero attached hydrogens (tertiary/aromatic N) is 3. The molecular weight excluding hydrogens is 198 g/mol. The lowest BCUT2D eigenvalue weighted by molar-refractivity contribution is 0.0933. The molecule has 0 aliphatic carbocycles. The Balaban J connectivity index is 2.31. The van der Waals surface area contributed by atoms with Gasteiger partial charge in [-0.25, -0.2) is 4.98 Å². The third-order valence-electron chi connectivity index (χ3n) is 3.74. The van der Waals surface area contributed by atoms with Crippen molar-refractivity contribution in [1.82, 2.24) is 14.5 Å². The van der Waals surface area contributed by atoms with Gasteiger partial charge < -0.3 is 4.57 Å². The summed E-state index contributed by atoms with van der Waals surface area (Å²) in [7, 11) is 2.10. The van der Waals surface area contributed by atoms with Crippen molar-refractivity contribution in [2.24, 2.45) is 13.0 Å². The van der Waals surface area contributed by atoms with Crippen LogP contribution in [0.3, 0.4) is 0 Å². The number of hydrogen-bond donors (Lipinski definition) is 0. The summed E-state index contributed by atoms with van der Waals surface area (Å²) in [5, 5.41) is 0. The van der Waals surface area contributed by atoms with Crippen molar-refractivity contribution in [2.75, 3.05) is 0 Å². The molecule has 0 saturated heterocycles. The lowest BCUT2D eigenvalue weighted by atomic mass is 9.92. The second-order valence-electron chi connectivity index (χ2n) is 5.53. The van der Waals surface area contributed by atoms with Gasteiger partial charge in [0, 0.05) is 32.1 Å². The Morgan fingerprint density at radius 3 is 2.56 bits per heavy atom. The van der Waals surface area contributed by atoms with Crippen LogP contribution in [0, 0.1) is 5.92 Å². The second-order valence-corrected chi connectivity index (χ2v) is 5.53. The monoisotopic (exact) mass is 221 g/mol. The van der Waals surface area contributed by atoms with E-state index >= 15 is 0 Å². The van der Waals surface area contributed by atoms with Crippen molar-refractivity contribution in [2.45, 2.75) is 52.7 Å². The van der Waals surface area contributed by atoms with Gasteiger partial charge in [-0.1, -0.05) is 13.8 Å². The molecule has 0 amide bonds. The quantitative estimate of drug-likeness (QED) is 0.763. The van der Waals surface area contributed by atoms with Crippen molar-refractivity contribution in [3.05, 3.63) is 17.7 Å². The van der Waals surface area contributed by atoms with E-state index in [2.05, 4.69) is 49.2 Å². The van der Waals surface area contributed by atoms with Crippen LogP contribution in [-0.4, -0.2) is 26.5 Å². The van der Waals surface area contributed by atoms with Crippen LogP contribution in [0.4, 0.5) is 0 Å². The average Bonchev–Trinajstić information content (AvgIpc) is 2.58. The highest BCUT2D eigenvalue weighted by atomic mass is 15.2. The van der Waals surface area contributed by atoms with Gasteiger partial charge in [0.25, 0.3) is 0 Å². The van der Waals surface area contributed by atoms with Crippen molar-refractivity contribution >= 4 is 0 Å². The van der Waals surface area contributed by atoms with Gasteiger partial charge >= 0.3 is 0 Å². The molecule has 0 unspecified atom stereocenters. The molecule has 1 aromatic heterocycles. The third kappa shape index (κ3) is 1.88. The van der Waals surface area contributed by atoms with E-state index < -0.39 is 0 Å². The first-order valence-corrected chi connectivity index (χ1v) is 6.25. The van der Waals surface area contributed by atoms with Crippen LogP contribution in [0.15, 0.2) is 6.33 Å². The number of imidazole rings is 1. The van der Waals surface area contributed by atoms with E-state index in [1.165, 1.54) is 11.4 Å². The molecule has 1 aliphatic heterocycles. The molecule has 2 rings (SSSR count). The van der Waals surface area contributed by atoms with E-state index in [4.69, 9.17) is 0 Å². The van der Waals surface area contributed by atoms with Crippen LogP contribution >= 0.6 is 0 Å². The van der Waals surface area contributed by atoms with Crippen LogP contribution < -0.4 is 0 Å². The minimum atomic E-state index is 0.607. The summed E-state index contributed by atoms with van der Waals surface area (Å²) in [6.07, 6.45) is 3.05. The van der Waals surface area contributed by atoms with Crippen molar-refractivity contribution in [1.29, 1.82) is 0 Å². The average molecular weight is 221 g/mol. The highest BCUT2D eigenvalue weighted by Crippen LogP contribution is 2.27. The Kier molecular flexibility index (Phi) is 3.06. The number of rotatable bonds is 2. The molecule has 3 heteroatoms. The van der Waals surface area contributed by atoms with E-state index in [9.17, 15) is 0 Å². The zero-order valence-corrected chi connectivity index (χ0v) is 11.1. The second kappa shape index (κ2) is 4.21. The molecule has 0 fully saturated rings. The van der Waals surface area contributed by atoms with Crippen LogP contribution in [0.5, 0.6) is 0 Å². The third-order valence-corrected chi connectivity index (χ3v) is 3.74. The molecule has 16 heavy (non-hydrogen) atoms. The van der Waals surface area contributed by atoms with Gasteiger partial charge in [0.05, 0.1) is 17.7 Å². The van der Waals surface area contributed by atoms with E-state index in [1.807, 2.05) is 6.33 Å². The molecule has 1 aromatic rings. The van der Waals surface area contributed by atoms with Crippen molar-refractivity contribution in [3.8, 4) is 0 Å². The molecule has 0 aromatic carbocycles. The SMILES string of the molecule is CC(C)[C@@H]1Cc2ncn(C)c2CN1C(C)C. The lowest BCUT2D eigenvalue weighted by Crippen LogP contribution is -2.47. The first kappa shape index (κ1) is 11.6. The van der Waals surface area contributed by atoms with Crippen molar-refractivity contribution in [3.63, 3.8) is 0 Å². The Hall–Kier alpha value is -0.830. The van der Waals surface area contributed by atoms with E-state index in [1.54, 1.807) is 0 Å². The molecule has 0 spiro atoms. The number of fused-ring (bicyclic) bond motifs is 1. The fraction of sp³-hybridized carbons (Fsp3) is 0.769. The summed E-state index contributed by atoms with van der Waals surface area (Å²) in [6, 6.07) is 1.25. The molecule has 0 radical (unpaired) electrons. The van der Waals surface area contributed by atoms with Gasteiger partial charge in [-0.05, 0) is 19.8 Å². The summed E-state index contributed by atoms with van der Waals surface area (Å²) >= 11 is 0. The molecule has 1 aliphatic rings. The highest BCUT2D eigenvalue weighted by Gasteiger charge is 2.31. The normalized spacial score (nSPS) is 21.8. The molecular formula is C13H23N3. The van der Waals surface area contributed by atoms with Gasteiger partial charge in [-0.2, -0.15) is 0 Å². The zero-order chi connectivity index (χ0) is 11.9. The zero-order valence-electron chi connectivity index (χ0n) is 11.1. The first-order valence-electron chi connectivity index (χ1n) is 6.25. The summed E-state index contributed by atoms with van der Waals surface area (Å²) < 4.78 is 2.17. The van der Waals surface area contributed by atoms with Gasteiger partial charge in [0.1, 0.15) is 0 Å². The van der Waals surface area contributed by atoms with Crippen LogP contribution in [-0.2, 0) is 20.0 Å². The van der Waals surface area contributed by atoms with Crippen LogP contribution in [0.1, 0.15) is 39.1 Å². The van der Waals surface area contributed by atoms with Crippen molar-refractivity contribution < 1.29 is 0 Å². The molecule has 0 N–H and O–H groups in total. The number of aryl methyl sites for hydroxylation is 1. The smallest absolute Gasteiger partial charge is 0.0949 e.